The van der Waals surface area contributed by atoms with Crippen molar-refractivity contribution in [2.45, 2.75) is 92.1 Å². The predicted molar refractivity (Wildman–Crippen MR) is 159 cm³/mol. The summed E-state index contributed by atoms with van der Waals surface area (Å²) in [6, 6.07) is 15.9. The number of ether oxygens (including phenoxy) is 2. The average Bonchev–Trinajstić information content (AvgIpc) is 2.81. The fourth-order valence-electron chi connectivity index (χ4n) is 5.45. The highest BCUT2D eigenvalue weighted by atomic mass is 16.6. The highest BCUT2D eigenvalue weighted by Crippen LogP contribution is 2.49. The first-order valence-electron chi connectivity index (χ1n) is 14.2. The van der Waals surface area contributed by atoms with Crippen molar-refractivity contribution >= 4 is 23.6 Å². The van der Waals surface area contributed by atoms with Crippen LogP contribution in [0.2, 0.25) is 0 Å². The Morgan fingerprint density at radius 3 is 2.27 bits per heavy atom. The third-order valence-electron chi connectivity index (χ3n) is 8.05. The maximum Gasteiger partial charge on any atom is 0.410 e. The lowest BCUT2D eigenvalue weighted by Gasteiger charge is -2.58. The molecule has 218 valence electrons. The minimum absolute atomic E-state index is 0.0521. The molecular weight excluding hydrogens is 504 g/mol. The van der Waals surface area contributed by atoms with Crippen LogP contribution in [0.4, 0.5) is 21.0 Å². The van der Waals surface area contributed by atoms with Gasteiger partial charge in [0.1, 0.15) is 12.2 Å². The predicted octanol–water partition coefficient (Wildman–Crippen LogP) is 6.65. The quantitative estimate of drug-likeness (QED) is 0.375. The highest BCUT2D eigenvalue weighted by molar-refractivity contribution is 5.71. The number of hydrogen-bond acceptors (Lipinski definition) is 6. The molecule has 0 unspecified atom stereocenters. The van der Waals surface area contributed by atoms with Crippen LogP contribution >= 0.6 is 0 Å². The molecule has 8 nitrogen and oxygen atoms in total. The van der Waals surface area contributed by atoms with Crippen molar-refractivity contribution in [3.05, 3.63) is 59.7 Å². The fraction of sp³-hybridized carbons (Fsp3) is 0.562. The molecule has 1 heterocycles. The number of nitrogens with two attached hydrogens (primary N) is 1. The topological polar surface area (TPSA) is 97.1 Å². The van der Waals surface area contributed by atoms with Gasteiger partial charge in [-0.3, -0.25) is 0 Å². The number of nitrogens with zero attached hydrogens (tertiary/aromatic N) is 2. The largest absolute Gasteiger partial charge is 0.445 e. The van der Waals surface area contributed by atoms with E-state index in [2.05, 4.69) is 33.0 Å². The molecule has 40 heavy (non-hydrogen) atoms. The van der Waals surface area contributed by atoms with Crippen LogP contribution in [0, 0.1) is 10.8 Å². The van der Waals surface area contributed by atoms with E-state index in [1.165, 1.54) is 0 Å². The van der Waals surface area contributed by atoms with Crippen molar-refractivity contribution in [1.82, 2.24) is 9.80 Å². The molecule has 8 heteroatoms. The Bertz CT molecular complexity index is 1190. The van der Waals surface area contributed by atoms with Crippen LogP contribution in [-0.4, -0.2) is 52.8 Å². The molecule has 1 aliphatic carbocycles. The Kier molecular flexibility index (Phi) is 8.29. The Morgan fingerprint density at radius 2 is 1.70 bits per heavy atom. The second-order valence-corrected chi connectivity index (χ2v) is 13.7. The summed E-state index contributed by atoms with van der Waals surface area (Å²) in [6.45, 7) is 16.2. The Labute approximate surface area is 239 Å². The molecule has 1 atom stereocenters. The molecule has 1 spiro atoms. The van der Waals surface area contributed by atoms with E-state index >= 15 is 0 Å². The summed E-state index contributed by atoms with van der Waals surface area (Å²) < 4.78 is 11.2. The van der Waals surface area contributed by atoms with Crippen molar-refractivity contribution < 1.29 is 19.1 Å². The molecule has 0 bridgehead atoms. The lowest BCUT2D eigenvalue weighted by Crippen LogP contribution is -2.66. The number of carbonyl (C=O) groups excluding carboxylic acids is 2. The summed E-state index contributed by atoms with van der Waals surface area (Å²) >= 11 is 0. The number of nitrogen functional groups attached to an aromatic ring is 1. The van der Waals surface area contributed by atoms with Crippen molar-refractivity contribution in [1.29, 1.82) is 0 Å². The first-order chi connectivity index (χ1) is 18.6. The van der Waals surface area contributed by atoms with Gasteiger partial charge < -0.3 is 30.3 Å². The monoisotopic (exact) mass is 550 g/mol. The van der Waals surface area contributed by atoms with Crippen LogP contribution in [0.25, 0.3) is 0 Å². The van der Waals surface area contributed by atoms with E-state index in [0.29, 0.717) is 18.3 Å². The Hall–Kier alpha value is -3.42. The molecule has 0 radical (unpaired) electrons. The maximum atomic E-state index is 13.2. The van der Waals surface area contributed by atoms with Crippen molar-refractivity contribution in [3.63, 3.8) is 0 Å². The summed E-state index contributed by atoms with van der Waals surface area (Å²) in [6.07, 6.45) is 1.43. The molecule has 3 N–H and O–H groups in total. The smallest absolute Gasteiger partial charge is 0.410 e. The molecule has 1 saturated carbocycles. The zero-order chi connectivity index (χ0) is 29.3. The molecule has 2 aromatic rings. The van der Waals surface area contributed by atoms with Crippen LogP contribution in [0.5, 0.6) is 0 Å². The van der Waals surface area contributed by atoms with Crippen LogP contribution in [-0.2, 0) is 22.6 Å². The lowest BCUT2D eigenvalue weighted by molar-refractivity contribution is -0.0738. The van der Waals surface area contributed by atoms with Gasteiger partial charge in [-0.05, 0) is 69.2 Å². The number of anilines is 2. The van der Waals surface area contributed by atoms with Gasteiger partial charge in [0.15, 0.2) is 0 Å². The first kappa shape index (κ1) is 29.6. The number of benzene rings is 2. The van der Waals surface area contributed by atoms with Gasteiger partial charge in [-0.15, -0.1) is 0 Å². The van der Waals surface area contributed by atoms with E-state index in [-0.39, 0.29) is 35.7 Å². The normalized spacial score (nSPS) is 17.4. The number of nitrogens with one attached hydrogen (secondary N) is 1. The third-order valence-corrected chi connectivity index (χ3v) is 8.05. The Morgan fingerprint density at radius 1 is 1.05 bits per heavy atom. The van der Waals surface area contributed by atoms with E-state index in [0.717, 1.165) is 42.7 Å². The summed E-state index contributed by atoms with van der Waals surface area (Å²) in [7, 11) is 0. The number of hydrogen-bond donors (Lipinski definition) is 2. The molecule has 1 saturated heterocycles. The lowest BCUT2D eigenvalue weighted by atomic mass is 9.60. The average molecular weight is 551 g/mol. The van der Waals surface area contributed by atoms with E-state index in [4.69, 9.17) is 15.2 Å². The van der Waals surface area contributed by atoms with E-state index in [9.17, 15) is 9.59 Å². The second kappa shape index (κ2) is 11.2. The molecule has 4 rings (SSSR count). The van der Waals surface area contributed by atoms with Gasteiger partial charge in [-0.1, -0.05) is 57.2 Å². The van der Waals surface area contributed by atoms with Crippen molar-refractivity contribution in [2.24, 2.45) is 10.8 Å². The zero-order valence-corrected chi connectivity index (χ0v) is 25.1. The van der Waals surface area contributed by atoms with E-state index < -0.39 is 5.60 Å². The van der Waals surface area contributed by atoms with Crippen molar-refractivity contribution in [3.8, 4) is 0 Å². The van der Waals surface area contributed by atoms with E-state index in [1.54, 1.807) is 9.80 Å². The minimum atomic E-state index is -0.475. The third kappa shape index (κ3) is 7.20. The van der Waals surface area contributed by atoms with Gasteiger partial charge in [0.2, 0.25) is 0 Å². The molecule has 2 aliphatic rings. The second-order valence-electron chi connectivity index (χ2n) is 13.7. The molecule has 2 amide bonds. The van der Waals surface area contributed by atoms with Crippen LogP contribution in [0.15, 0.2) is 48.5 Å². The minimum Gasteiger partial charge on any atom is -0.445 e. The summed E-state index contributed by atoms with van der Waals surface area (Å²) in [5, 5.41) is 3.58. The van der Waals surface area contributed by atoms with Gasteiger partial charge in [0.05, 0.1) is 11.4 Å². The van der Waals surface area contributed by atoms with Gasteiger partial charge >= 0.3 is 12.2 Å². The standard InChI is InChI=1S/C32H46N4O4/c1-22(30(2,3)4)36(29(38)39-19-23-11-9-8-10-12-23)18-24-13-14-27(26(33)15-24)34-25-16-32(17-25)20-35(21-32)28(37)40-31(5,6)7/h8-15,22,25,34H,16-21,33H2,1-7H3/t22-/m0/s1. The van der Waals surface area contributed by atoms with Gasteiger partial charge in [-0.2, -0.15) is 0 Å². The van der Waals surface area contributed by atoms with Crippen LogP contribution in [0.3, 0.4) is 0 Å². The number of amides is 2. The van der Waals surface area contributed by atoms with Gasteiger partial charge in [0.25, 0.3) is 0 Å². The fourth-order valence-corrected chi connectivity index (χ4v) is 5.45. The summed E-state index contributed by atoms with van der Waals surface area (Å²) in [5.74, 6) is 0. The summed E-state index contributed by atoms with van der Waals surface area (Å²) in [5.41, 5.74) is 9.51. The SMILES string of the molecule is C[C@H](N(Cc1ccc(NC2CC3(C2)CN(C(=O)OC(C)(C)C)C3)c(N)c1)C(=O)OCc1ccccc1)C(C)(C)C. The number of carbonyl (C=O) groups is 2. The van der Waals surface area contributed by atoms with Crippen LogP contribution in [0.1, 0.15) is 72.4 Å². The summed E-state index contributed by atoms with van der Waals surface area (Å²) in [4.78, 5) is 29.1. The van der Waals surface area contributed by atoms with Crippen LogP contribution < -0.4 is 11.1 Å². The van der Waals surface area contributed by atoms with Gasteiger partial charge in [-0.25, -0.2) is 9.59 Å². The van der Waals surface area contributed by atoms with E-state index in [1.807, 2.05) is 69.3 Å². The maximum absolute atomic E-state index is 13.2. The molecule has 2 aromatic carbocycles. The number of likely N-dealkylation sites (tertiary alicyclic amines) is 1. The van der Waals surface area contributed by atoms with Gasteiger partial charge in [0, 0.05) is 37.1 Å². The first-order valence-corrected chi connectivity index (χ1v) is 14.2. The number of rotatable bonds is 7. The highest BCUT2D eigenvalue weighted by Gasteiger charge is 2.54. The zero-order valence-electron chi connectivity index (χ0n) is 25.1. The molecule has 2 fully saturated rings. The molecule has 1 aliphatic heterocycles. The van der Waals surface area contributed by atoms with Crippen molar-refractivity contribution in [2.75, 3.05) is 24.1 Å². The molecular formula is C32H46N4O4. The molecule has 0 aromatic heterocycles. The Balaban J connectivity index is 1.32.